The lowest BCUT2D eigenvalue weighted by atomic mass is 10.4. The van der Waals surface area contributed by atoms with Crippen LogP contribution in [-0.2, 0) is 25.9 Å². The quantitative estimate of drug-likeness (QED) is 0.588. The third-order valence-electron chi connectivity index (χ3n) is 1.51. The van der Waals surface area contributed by atoms with E-state index >= 15 is 0 Å². The highest BCUT2D eigenvalue weighted by atomic mass is 32.2. The fourth-order valence-corrected chi connectivity index (χ4v) is 2.82. The first kappa shape index (κ1) is 12.3. The van der Waals surface area contributed by atoms with Crippen LogP contribution in [0.25, 0.3) is 0 Å². The molecule has 84 valence electrons. The van der Waals surface area contributed by atoms with Crippen LogP contribution in [0.15, 0.2) is 34.1 Å². The van der Waals surface area contributed by atoms with E-state index in [4.69, 9.17) is 0 Å². The van der Waals surface area contributed by atoms with Crippen molar-refractivity contribution in [3.8, 4) is 0 Å². The minimum atomic E-state index is -3.95. The molecule has 15 heavy (non-hydrogen) atoms. The summed E-state index contributed by atoms with van der Waals surface area (Å²) < 4.78 is 44.4. The highest BCUT2D eigenvalue weighted by molar-refractivity contribution is 7.90. The van der Waals surface area contributed by atoms with Crippen LogP contribution < -0.4 is 4.89 Å². The molecule has 0 heterocycles. The second-order valence-corrected chi connectivity index (χ2v) is 4.99. The molecular formula is C7H8NO5S2-. The van der Waals surface area contributed by atoms with Crippen LogP contribution in [0.5, 0.6) is 0 Å². The van der Waals surface area contributed by atoms with Crippen molar-refractivity contribution in [2.45, 2.75) is 9.79 Å². The Morgan fingerprint density at radius 2 is 2.00 bits per heavy atom. The minimum absolute atomic E-state index is 0.304. The summed E-state index contributed by atoms with van der Waals surface area (Å²) >= 11 is -2.62. The van der Waals surface area contributed by atoms with Crippen LogP contribution in [0.4, 0.5) is 0 Å². The Morgan fingerprint density at radius 1 is 1.40 bits per heavy atom. The van der Waals surface area contributed by atoms with E-state index in [1.54, 1.807) is 4.89 Å². The first-order chi connectivity index (χ1) is 6.99. The number of hydrogen-bond acceptors (Lipinski definition) is 5. The molecule has 0 aliphatic heterocycles. The molecule has 1 aromatic carbocycles. The van der Waals surface area contributed by atoms with Crippen LogP contribution >= 0.6 is 0 Å². The van der Waals surface area contributed by atoms with Gasteiger partial charge in [-0.2, -0.15) is 0 Å². The van der Waals surface area contributed by atoms with E-state index in [9.17, 15) is 17.2 Å². The van der Waals surface area contributed by atoms with Gasteiger partial charge in [0.05, 0.1) is 12.0 Å². The van der Waals surface area contributed by atoms with Gasteiger partial charge in [-0.05, 0) is 23.2 Å². The van der Waals surface area contributed by atoms with Gasteiger partial charge in [0.25, 0.3) is 10.0 Å². The number of benzene rings is 1. The van der Waals surface area contributed by atoms with Crippen molar-refractivity contribution in [1.29, 1.82) is 0 Å². The van der Waals surface area contributed by atoms with Gasteiger partial charge in [-0.1, -0.05) is 17.0 Å². The summed E-state index contributed by atoms with van der Waals surface area (Å²) in [5.41, 5.74) is 0. The Kier molecular flexibility index (Phi) is 3.94. The second-order valence-electron chi connectivity index (χ2n) is 2.47. The molecule has 0 amide bonds. The van der Waals surface area contributed by atoms with Gasteiger partial charge in [-0.25, -0.2) is 8.42 Å². The van der Waals surface area contributed by atoms with Crippen LogP contribution in [0.1, 0.15) is 0 Å². The molecule has 8 heteroatoms. The van der Waals surface area contributed by atoms with Crippen molar-refractivity contribution in [1.82, 2.24) is 4.89 Å². The Balaban J connectivity index is 3.31. The Bertz CT molecular complexity index is 470. The molecule has 1 unspecified atom stereocenters. The highest BCUT2D eigenvalue weighted by Gasteiger charge is 2.17. The Hall–Kier alpha value is -0.800. The first-order valence-corrected chi connectivity index (χ1v) is 6.28. The van der Waals surface area contributed by atoms with E-state index in [1.165, 1.54) is 24.3 Å². The summed E-state index contributed by atoms with van der Waals surface area (Å²) in [6, 6.07) is 5.21. The van der Waals surface area contributed by atoms with Crippen LogP contribution in [-0.4, -0.2) is 24.3 Å². The lowest BCUT2D eigenvalue weighted by Crippen LogP contribution is -2.23. The van der Waals surface area contributed by atoms with E-state index in [0.717, 1.165) is 7.11 Å². The molecule has 0 aromatic heterocycles. The molecule has 1 rings (SSSR count). The van der Waals surface area contributed by atoms with E-state index in [1.807, 2.05) is 0 Å². The molecule has 1 N–H and O–H groups in total. The van der Waals surface area contributed by atoms with Gasteiger partial charge in [0.1, 0.15) is 0 Å². The van der Waals surface area contributed by atoms with Crippen molar-refractivity contribution in [2.24, 2.45) is 0 Å². The first-order valence-electron chi connectivity index (χ1n) is 3.72. The van der Waals surface area contributed by atoms with Crippen molar-refractivity contribution < 1.29 is 22.0 Å². The third-order valence-corrected chi connectivity index (χ3v) is 3.68. The summed E-state index contributed by atoms with van der Waals surface area (Å²) in [6.07, 6.45) is 0. The third kappa shape index (κ3) is 2.83. The molecule has 0 fully saturated rings. The molecular weight excluding hydrogens is 242 g/mol. The van der Waals surface area contributed by atoms with E-state index in [-0.39, 0.29) is 9.79 Å². The van der Waals surface area contributed by atoms with Crippen LogP contribution in [0, 0.1) is 0 Å². The molecule has 0 aliphatic rings. The summed E-state index contributed by atoms with van der Waals surface area (Å²) in [5.74, 6) is 0. The van der Waals surface area contributed by atoms with Crippen molar-refractivity contribution >= 4 is 21.1 Å². The van der Waals surface area contributed by atoms with Gasteiger partial charge in [-0.15, -0.1) is 0 Å². The maximum Gasteiger partial charge on any atom is 0.263 e. The monoisotopic (exact) mass is 250 g/mol. The normalized spacial score (nSPS) is 13.7. The van der Waals surface area contributed by atoms with Gasteiger partial charge >= 0.3 is 0 Å². The zero-order valence-corrected chi connectivity index (χ0v) is 9.30. The summed E-state index contributed by atoms with van der Waals surface area (Å²) in [5, 5.41) is 0. The summed E-state index contributed by atoms with van der Waals surface area (Å²) in [6.45, 7) is 0. The largest absolute Gasteiger partial charge is 0.768 e. The standard InChI is InChI=1S/C7H9NO5S2/c1-13-8-15(11,12)7-5-3-2-4-6(7)14(9)10/h2-5,8H,1H3,(H,9,10)/p-1. The summed E-state index contributed by atoms with van der Waals surface area (Å²) in [7, 11) is -2.83. The van der Waals surface area contributed by atoms with Crippen LogP contribution in [0.3, 0.4) is 0 Å². The smallest absolute Gasteiger partial charge is 0.263 e. The maximum atomic E-state index is 11.4. The van der Waals surface area contributed by atoms with Gasteiger partial charge in [0, 0.05) is 4.90 Å². The van der Waals surface area contributed by atoms with Crippen molar-refractivity contribution in [3.63, 3.8) is 0 Å². The highest BCUT2D eigenvalue weighted by Crippen LogP contribution is 2.17. The zero-order chi connectivity index (χ0) is 11.5. The van der Waals surface area contributed by atoms with Crippen molar-refractivity contribution in [3.05, 3.63) is 24.3 Å². The van der Waals surface area contributed by atoms with Gasteiger partial charge in [0.2, 0.25) is 0 Å². The summed E-state index contributed by atoms with van der Waals surface area (Å²) in [4.78, 5) is 5.34. The molecule has 1 atom stereocenters. The van der Waals surface area contributed by atoms with Gasteiger partial charge in [0.15, 0.2) is 0 Å². The number of nitrogens with one attached hydrogen (secondary N) is 1. The minimum Gasteiger partial charge on any atom is -0.768 e. The lowest BCUT2D eigenvalue weighted by molar-refractivity contribution is 0.153. The van der Waals surface area contributed by atoms with Gasteiger partial charge in [-0.3, -0.25) is 9.05 Å². The van der Waals surface area contributed by atoms with Crippen molar-refractivity contribution in [2.75, 3.05) is 7.11 Å². The number of rotatable bonds is 4. The Labute approximate surface area is 89.6 Å². The van der Waals surface area contributed by atoms with Crippen LogP contribution in [0.2, 0.25) is 0 Å². The molecule has 0 spiro atoms. The fourth-order valence-electron chi connectivity index (χ4n) is 0.964. The predicted octanol–water partition coefficient (Wildman–Crippen LogP) is -0.236. The maximum absolute atomic E-state index is 11.4. The predicted molar refractivity (Wildman–Crippen MR) is 51.0 cm³/mol. The second kappa shape index (κ2) is 4.81. The topological polar surface area (TPSA) is 95.5 Å². The molecule has 0 aliphatic carbocycles. The molecule has 0 bridgehead atoms. The molecule has 1 aromatic rings. The number of sulfonamides is 1. The van der Waals surface area contributed by atoms with E-state index in [0.29, 0.717) is 0 Å². The molecule has 0 saturated carbocycles. The average Bonchev–Trinajstić information content (AvgIpc) is 2.17. The van der Waals surface area contributed by atoms with Gasteiger partial charge < -0.3 is 4.55 Å². The molecule has 6 nitrogen and oxygen atoms in total. The fraction of sp³-hybridized carbons (Fsp3) is 0.143. The molecule has 0 radical (unpaired) electrons. The SMILES string of the molecule is CONS(=O)(=O)c1ccccc1S(=O)[O-]. The average molecular weight is 250 g/mol. The van der Waals surface area contributed by atoms with E-state index < -0.39 is 21.1 Å². The number of hydrogen-bond donors (Lipinski definition) is 1. The zero-order valence-electron chi connectivity index (χ0n) is 7.67. The van der Waals surface area contributed by atoms with E-state index in [2.05, 4.69) is 4.84 Å². The lowest BCUT2D eigenvalue weighted by Gasteiger charge is -2.11. The molecule has 0 saturated heterocycles. The Morgan fingerprint density at radius 3 is 2.53 bits per heavy atom.